The van der Waals surface area contributed by atoms with Crippen LogP contribution in [-0.4, -0.2) is 12.1 Å². The predicted octanol–water partition coefficient (Wildman–Crippen LogP) is 1.54. The molecule has 1 heterocycles. The lowest BCUT2D eigenvalue weighted by molar-refractivity contribution is 0.308. The van der Waals surface area contributed by atoms with Crippen molar-refractivity contribution in [2.75, 3.05) is 6.54 Å². The summed E-state index contributed by atoms with van der Waals surface area (Å²) >= 11 is 0. The molecule has 2 aliphatic rings. The summed E-state index contributed by atoms with van der Waals surface area (Å²) in [5.74, 6) is 1.02. The average Bonchev–Trinajstić information content (AvgIpc) is 2.07. The maximum Gasteiger partial charge on any atom is 0.0156 e. The van der Waals surface area contributed by atoms with Crippen molar-refractivity contribution in [3.8, 4) is 0 Å². The third kappa shape index (κ3) is 0.877. The van der Waals surface area contributed by atoms with Crippen LogP contribution in [-0.2, 0) is 0 Å². The lowest BCUT2D eigenvalue weighted by Crippen LogP contribution is -2.36. The number of fused-ring (bicyclic) bond motifs is 2. The molecule has 1 saturated carbocycles. The molecule has 9 heavy (non-hydrogen) atoms. The zero-order valence-electron chi connectivity index (χ0n) is 6.11. The summed E-state index contributed by atoms with van der Waals surface area (Å²) in [5.41, 5.74) is 0.545. The van der Waals surface area contributed by atoms with Gasteiger partial charge in [0.25, 0.3) is 0 Å². The fourth-order valence-corrected chi connectivity index (χ4v) is 2.35. The van der Waals surface area contributed by atoms with Crippen molar-refractivity contribution < 1.29 is 0 Å². The zero-order valence-corrected chi connectivity index (χ0v) is 6.11. The topological polar surface area (TPSA) is 12.0 Å². The molecule has 1 aliphatic carbocycles. The zero-order chi connectivity index (χ0) is 6.32. The van der Waals surface area contributed by atoms with Gasteiger partial charge in [-0.2, -0.15) is 0 Å². The SMILES string of the molecule is C[C@]12CCC[C@@H](CN1)C2. The maximum absolute atomic E-state index is 3.59. The first-order chi connectivity index (χ1) is 4.29. The highest BCUT2D eigenvalue weighted by molar-refractivity contribution is 4.96. The molecule has 2 rings (SSSR count). The number of rotatable bonds is 0. The quantitative estimate of drug-likeness (QED) is 0.518. The van der Waals surface area contributed by atoms with Crippen LogP contribution in [0.1, 0.15) is 32.6 Å². The van der Waals surface area contributed by atoms with Gasteiger partial charge in [-0.15, -0.1) is 0 Å². The van der Waals surface area contributed by atoms with Crippen LogP contribution in [0.3, 0.4) is 0 Å². The molecule has 2 bridgehead atoms. The van der Waals surface area contributed by atoms with Crippen molar-refractivity contribution in [2.45, 2.75) is 38.1 Å². The van der Waals surface area contributed by atoms with E-state index in [4.69, 9.17) is 0 Å². The Balaban J connectivity index is 2.13. The Labute approximate surface area is 56.8 Å². The highest BCUT2D eigenvalue weighted by Crippen LogP contribution is 2.36. The molecular weight excluding hydrogens is 110 g/mol. The van der Waals surface area contributed by atoms with Gasteiger partial charge in [-0.1, -0.05) is 6.42 Å². The molecule has 1 saturated heterocycles. The maximum atomic E-state index is 3.59. The molecular formula is C8H15N. The average molecular weight is 125 g/mol. The van der Waals surface area contributed by atoms with Crippen LogP contribution >= 0.6 is 0 Å². The summed E-state index contributed by atoms with van der Waals surface area (Å²) in [6, 6.07) is 0. The number of hydrogen-bond acceptors (Lipinski definition) is 1. The van der Waals surface area contributed by atoms with E-state index in [0.29, 0.717) is 5.54 Å². The van der Waals surface area contributed by atoms with Gasteiger partial charge in [-0.05, 0) is 38.6 Å². The van der Waals surface area contributed by atoms with Crippen molar-refractivity contribution in [1.29, 1.82) is 0 Å². The Morgan fingerprint density at radius 1 is 1.56 bits per heavy atom. The summed E-state index contributed by atoms with van der Waals surface area (Å²) in [4.78, 5) is 0. The van der Waals surface area contributed by atoms with Crippen LogP contribution in [0.4, 0.5) is 0 Å². The Morgan fingerprint density at radius 2 is 2.44 bits per heavy atom. The van der Waals surface area contributed by atoms with Crippen LogP contribution in [0.25, 0.3) is 0 Å². The Hall–Kier alpha value is -0.0400. The Morgan fingerprint density at radius 3 is 3.11 bits per heavy atom. The van der Waals surface area contributed by atoms with Gasteiger partial charge >= 0.3 is 0 Å². The van der Waals surface area contributed by atoms with Gasteiger partial charge < -0.3 is 5.32 Å². The fourth-order valence-electron chi connectivity index (χ4n) is 2.35. The number of hydrogen-bond donors (Lipinski definition) is 1. The molecule has 0 radical (unpaired) electrons. The van der Waals surface area contributed by atoms with Gasteiger partial charge in [0.1, 0.15) is 0 Å². The minimum Gasteiger partial charge on any atom is -0.311 e. The van der Waals surface area contributed by atoms with Gasteiger partial charge in [0.2, 0.25) is 0 Å². The van der Waals surface area contributed by atoms with E-state index in [1.54, 1.807) is 0 Å². The van der Waals surface area contributed by atoms with Gasteiger partial charge in [-0.25, -0.2) is 0 Å². The van der Waals surface area contributed by atoms with Crippen molar-refractivity contribution in [2.24, 2.45) is 5.92 Å². The van der Waals surface area contributed by atoms with Crippen molar-refractivity contribution >= 4 is 0 Å². The molecule has 0 amide bonds. The first-order valence-electron chi connectivity index (χ1n) is 4.04. The molecule has 0 aromatic carbocycles. The highest BCUT2D eigenvalue weighted by Gasteiger charge is 2.37. The highest BCUT2D eigenvalue weighted by atomic mass is 15.0. The summed E-state index contributed by atoms with van der Waals surface area (Å²) in [6.07, 6.45) is 5.77. The lowest BCUT2D eigenvalue weighted by Gasteiger charge is -2.28. The monoisotopic (exact) mass is 125 g/mol. The molecule has 0 spiro atoms. The third-order valence-corrected chi connectivity index (χ3v) is 2.90. The van der Waals surface area contributed by atoms with Gasteiger partial charge in [0, 0.05) is 5.54 Å². The third-order valence-electron chi connectivity index (χ3n) is 2.90. The second kappa shape index (κ2) is 1.72. The van der Waals surface area contributed by atoms with E-state index in [-0.39, 0.29) is 0 Å². The van der Waals surface area contributed by atoms with E-state index in [2.05, 4.69) is 12.2 Å². The molecule has 1 aliphatic heterocycles. The molecule has 52 valence electrons. The molecule has 1 heteroatoms. The second-order valence-corrected chi connectivity index (χ2v) is 3.90. The van der Waals surface area contributed by atoms with Gasteiger partial charge in [-0.3, -0.25) is 0 Å². The van der Waals surface area contributed by atoms with Crippen LogP contribution in [0.2, 0.25) is 0 Å². The van der Waals surface area contributed by atoms with Gasteiger partial charge in [0.15, 0.2) is 0 Å². The lowest BCUT2D eigenvalue weighted by atomic mass is 9.82. The minimum absolute atomic E-state index is 0.545. The minimum atomic E-state index is 0.545. The first-order valence-corrected chi connectivity index (χ1v) is 4.04. The van der Waals surface area contributed by atoms with E-state index >= 15 is 0 Å². The molecule has 1 nitrogen and oxygen atoms in total. The van der Waals surface area contributed by atoms with Crippen molar-refractivity contribution in [1.82, 2.24) is 5.32 Å². The van der Waals surface area contributed by atoms with Crippen LogP contribution in [0.15, 0.2) is 0 Å². The van der Waals surface area contributed by atoms with Crippen LogP contribution in [0.5, 0.6) is 0 Å². The molecule has 0 aromatic rings. The largest absolute Gasteiger partial charge is 0.311 e. The van der Waals surface area contributed by atoms with E-state index in [1.807, 2.05) is 0 Å². The second-order valence-electron chi connectivity index (χ2n) is 3.90. The summed E-state index contributed by atoms with van der Waals surface area (Å²) in [6.45, 7) is 3.66. The fraction of sp³-hybridized carbons (Fsp3) is 1.00. The summed E-state index contributed by atoms with van der Waals surface area (Å²) < 4.78 is 0. The molecule has 0 unspecified atom stereocenters. The molecule has 2 fully saturated rings. The molecule has 0 aromatic heterocycles. The normalized spacial score (nSPS) is 49.7. The number of nitrogens with one attached hydrogen (secondary N) is 1. The Kier molecular flexibility index (Phi) is 1.10. The summed E-state index contributed by atoms with van der Waals surface area (Å²) in [7, 11) is 0. The van der Waals surface area contributed by atoms with Gasteiger partial charge in [0.05, 0.1) is 0 Å². The van der Waals surface area contributed by atoms with Crippen LogP contribution < -0.4 is 5.32 Å². The predicted molar refractivity (Wildman–Crippen MR) is 38.4 cm³/mol. The Bertz CT molecular complexity index is 118. The first kappa shape index (κ1) is 5.72. The summed E-state index contributed by atoms with van der Waals surface area (Å²) in [5, 5.41) is 3.59. The van der Waals surface area contributed by atoms with E-state index < -0.39 is 0 Å². The van der Waals surface area contributed by atoms with Crippen molar-refractivity contribution in [3.05, 3.63) is 0 Å². The molecule has 2 atom stereocenters. The van der Waals surface area contributed by atoms with E-state index in [1.165, 1.54) is 32.2 Å². The smallest absolute Gasteiger partial charge is 0.0156 e. The standard InChI is InChI=1S/C8H15N/c1-8-4-2-3-7(5-8)6-9-8/h7,9H,2-6H2,1H3/t7-,8-/m1/s1. The van der Waals surface area contributed by atoms with Crippen LogP contribution in [0, 0.1) is 5.92 Å². The van der Waals surface area contributed by atoms with Crippen molar-refractivity contribution in [3.63, 3.8) is 0 Å². The van der Waals surface area contributed by atoms with E-state index in [0.717, 1.165) is 5.92 Å². The van der Waals surface area contributed by atoms with E-state index in [9.17, 15) is 0 Å². The molecule has 1 N–H and O–H groups in total.